The van der Waals surface area contributed by atoms with Crippen LogP contribution in [0.4, 0.5) is 0 Å². The van der Waals surface area contributed by atoms with Gasteiger partial charge in [0.2, 0.25) is 0 Å². The summed E-state index contributed by atoms with van der Waals surface area (Å²) in [6.07, 6.45) is 5.20. The zero-order chi connectivity index (χ0) is 17.3. The van der Waals surface area contributed by atoms with Crippen LogP contribution >= 0.6 is 11.6 Å². The number of nitrogens with one attached hydrogen (secondary N) is 1. The summed E-state index contributed by atoms with van der Waals surface area (Å²) in [6, 6.07) is 11.9. The minimum Gasteiger partial charge on any atom is -0.397 e. The SMILES string of the molecule is C=C(Cl)/C=C(/N)C(=N)c1ccn2c(-c3cccc(C)c3)cnc2c1. The van der Waals surface area contributed by atoms with E-state index in [1.807, 2.05) is 35.0 Å². The molecule has 0 amide bonds. The van der Waals surface area contributed by atoms with Gasteiger partial charge in [0.05, 0.1) is 23.3 Å². The van der Waals surface area contributed by atoms with Crippen molar-refractivity contribution in [2.75, 3.05) is 0 Å². The Morgan fingerprint density at radius 3 is 2.83 bits per heavy atom. The van der Waals surface area contributed by atoms with E-state index in [9.17, 15) is 0 Å². The number of benzene rings is 1. The Bertz CT molecular complexity index is 982. The van der Waals surface area contributed by atoms with E-state index in [-0.39, 0.29) is 11.4 Å². The van der Waals surface area contributed by atoms with Crippen LogP contribution in [-0.2, 0) is 0 Å². The fourth-order valence-electron chi connectivity index (χ4n) is 2.56. The number of allylic oxidation sites excluding steroid dienone is 3. The number of rotatable bonds is 4. The Hall–Kier alpha value is -2.85. The minimum atomic E-state index is 0.194. The topological polar surface area (TPSA) is 67.2 Å². The lowest BCUT2D eigenvalue weighted by atomic mass is 10.1. The van der Waals surface area contributed by atoms with E-state index in [2.05, 4.69) is 36.7 Å². The second-order valence-electron chi connectivity index (χ2n) is 5.58. The third kappa shape index (κ3) is 3.09. The molecule has 3 rings (SSSR count). The molecule has 24 heavy (non-hydrogen) atoms. The first-order chi connectivity index (χ1) is 11.5. The van der Waals surface area contributed by atoms with Crippen molar-refractivity contribution >= 4 is 23.0 Å². The molecule has 2 heterocycles. The van der Waals surface area contributed by atoms with E-state index < -0.39 is 0 Å². The average molecular weight is 337 g/mol. The Balaban J connectivity index is 2.03. The number of fused-ring (bicyclic) bond motifs is 1. The zero-order valence-electron chi connectivity index (χ0n) is 13.3. The van der Waals surface area contributed by atoms with Crippen LogP contribution in [-0.4, -0.2) is 15.1 Å². The number of imidazole rings is 1. The third-order valence-electron chi connectivity index (χ3n) is 3.72. The van der Waals surface area contributed by atoms with Crippen LogP contribution < -0.4 is 5.73 Å². The van der Waals surface area contributed by atoms with Gasteiger partial charge in [-0.25, -0.2) is 4.98 Å². The summed E-state index contributed by atoms with van der Waals surface area (Å²) in [7, 11) is 0. The summed E-state index contributed by atoms with van der Waals surface area (Å²) >= 11 is 5.72. The molecule has 2 aromatic heterocycles. The van der Waals surface area contributed by atoms with Crippen LogP contribution in [0.3, 0.4) is 0 Å². The number of nitrogens with two attached hydrogens (primary N) is 1. The maximum absolute atomic E-state index is 8.17. The molecular weight excluding hydrogens is 320 g/mol. The summed E-state index contributed by atoms with van der Waals surface area (Å²) in [4.78, 5) is 4.45. The van der Waals surface area contributed by atoms with Crippen molar-refractivity contribution in [1.29, 1.82) is 5.41 Å². The summed E-state index contributed by atoms with van der Waals surface area (Å²) in [5, 5.41) is 8.47. The molecule has 4 nitrogen and oxygen atoms in total. The minimum absolute atomic E-state index is 0.194. The van der Waals surface area contributed by atoms with E-state index in [0.29, 0.717) is 10.6 Å². The number of pyridine rings is 1. The number of aromatic nitrogens is 2. The van der Waals surface area contributed by atoms with Gasteiger partial charge in [0, 0.05) is 22.4 Å². The molecule has 0 aliphatic rings. The maximum Gasteiger partial charge on any atom is 0.137 e. The number of halogens is 1. The Kier molecular flexibility index (Phi) is 4.23. The molecule has 0 atom stereocenters. The molecule has 0 saturated carbocycles. The van der Waals surface area contributed by atoms with Crippen LogP contribution in [0.5, 0.6) is 0 Å². The summed E-state index contributed by atoms with van der Waals surface area (Å²) in [6.45, 7) is 5.62. The van der Waals surface area contributed by atoms with Gasteiger partial charge in [-0.1, -0.05) is 41.9 Å². The number of nitrogens with zero attached hydrogens (tertiary/aromatic N) is 2. The Morgan fingerprint density at radius 2 is 2.12 bits per heavy atom. The average Bonchev–Trinajstić information content (AvgIpc) is 2.96. The van der Waals surface area contributed by atoms with Crippen molar-refractivity contribution in [2.45, 2.75) is 6.92 Å². The highest BCUT2D eigenvalue weighted by Crippen LogP contribution is 2.22. The van der Waals surface area contributed by atoms with Gasteiger partial charge in [-0.05, 0) is 31.2 Å². The van der Waals surface area contributed by atoms with Crippen molar-refractivity contribution in [2.24, 2.45) is 5.73 Å². The smallest absolute Gasteiger partial charge is 0.137 e. The van der Waals surface area contributed by atoms with Gasteiger partial charge in [0.25, 0.3) is 0 Å². The summed E-state index contributed by atoms with van der Waals surface area (Å²) < 4.78 is 1.99. The molecular formula is C19H17ClN4. The first kappa shape index (κ1) is 16.0. The molecule has 0 radical (unpaired) electrons. The van der Waals surface area contributed by atoms with Crippen LogP contribution in [0.25, 0.3) is 16.9 Å². The van der Waals surface area contributed by atoms with Gasteiger partial charge in [-0.2, -0.15) is 0 Å². The largest absolute Gasteiger partial charge is 0.397 e. The molecule has 0 bridgehead atoms. The molecule has 0 aliphatic carbocycles. The van der Waals surface area contributed by atoms with Crippen molar-refractivity contribution in [3.63, 3.8) is 0 Å². The predicted octanol–water partition coefficient (Wildman–Crippen LogP) is 4.27. The first-order valence-electron chi connectivity index (χ1n) is 7.41. The van der Waals surface area contributed by atoms with E-state index in [0.717, 1.165) is 16.9 Å². The third-order valence-corrected chi connectivity index (χ3v) is 3.83. The van der Waals surface area contributed by atoms with Gasteiger partial charge in [-0.3, -0.25) is 9.81 Å². The van der Waals surface area contributed by atoms with Crippen molar-refractivity contribution in [1.82, 2.24) is 9.38 Å². The maximum atomic E-state index is 8.17. The molecule has 5 heteroatoms. The zero-order valence-corrected chi connectivity index (χ0v) is 14.0. The van der Waals surface area contributed by atoms with Crippen LogP contribution in [0.2, 0.25) is 0 Å². The van der Waals surface area contributed by atoms with Crippen molar-refractivity contribution in [3.05, 3.63) is 83.3 Å². The van der Waals surface area contributed by atoms with Crippen LogP contribution in [0.1, 0.15) is 11.1 Å². The van der Waals surface area contributed by atoms with Gasteiger partial charge >= 0.3 is 0 Å². The van der Waals surface area contributed by atoms with Crippen LogP contribution in [0.15, 0.2) is 72.2 Å². The summed E-state index contributed by atoms with van der Waals surface area (Å²) in [5.74, 6) is 0. The molecule has 0 aliphatic heterocycles. The predicted molar refractivity (Wildman–Crippen MR) is 99.5 cm³/mol. The lowest BCUT2D eigenvalue weighted by Crippen LogP contribution is -2.12. The van der Waals surface area contributed by atoms with E-state index in [1.165, 1.54) is 11.6 Å². The van der Waals surface area contributed by atoms with Gasteiger partial charge in [-0.15, -0.1) is 0 Å². The lowest BCUT2D eigenvalue weighted by Gasteiger charge is -2.07. The van der Waals surface area contributed by atoms with Crippen molar-refractivity contribution in [3.8, 4) is 11.3 Å². The van der Waals surface area contributed by atoms with Crippen LogP contribution in [0, 0.1) is 12.3 Å². The molecule has 1 aromatic carbocycles. The second-order valence-corrected chi connectivity index (χ2v) is 6.06. The van der Waals surface area contributed by atoms with Gasteiger partial charge in [0.1, 0.15) is 5.65 Å². The fourth-order valence-corrected chi connectivity index (χ4v) is 2.68. The second kappa shape index (κ2) is 6.34. The van der Waals surface area contributed by atoms with Gasteiger partial charge < -0.3 is 5.73 Å². The van der Waals surface area contributed by atoms with Gasteiger partial charge in [0.15, 0.2) is 0 Å². The van der Waals surface area contributed by atoms with E-state index in [4.69, 9.17) is 22.7 Å². The number of hydrogen-bond donors (Lipinski definition) is 2. The molecule has 0 spiro atoms. The highest BCUT2D eigenvalue weighted by atomic mass is 35.5. The Morgan fingerprint density at radius 1 is 1.33 bits per heavy atom. The molecule has 0 saturated heterocycles. The normalized spacial score (nSPS) is 11.7. The molecule has 3 N–H and O–H groups in total. The standard InChI is InChI=1S/C19H17ClN4/c1-12-4-3-5-14(8-12)17-11-23-18-10-15(6-7-24(17)18)19(22)16(21)9-13(2)20/h3-11,22H,2,21H2,1H3/b16-9+,22-19?. The lowest BCUT2D eigenvalue weighted by molar-refractivity contribution is 1.18. The molecule has 3 aromatic rings. The molecule has 0 unspecified atom stereocenters. The molecule has 120 valence electrons. The highest BCUT2D eigenvalue weighted by molar-refractivity contribution is 6.31. The molecule has 0 fully saturated rings. The first-order valence-corrected chi connectivity index (χ1v) is 7.78. The number of hydrogen-bond acceptors (Lipinski definition) is 3. The van der Waals surface area contributed by atoms with E-state index >= 15 is 0 Å². The fraction of sp³-hybridized carbons (Fsp3) is 0.0526. The number of aryl methyl sites for hydroxylation is 1. The summed E-state index contributed by atoms with van der Waals surface area (Å²) in [5.41, 5.74) is 11.1. The van der Waals surface area contributed by atoms with Crippen molar-refractivity contribution < 1.29 is 0 Å². The quantitative estimate of drug-likeness (QED) is 0.551. The highest BCUT2D eigenvalue weighted by Gasteiger charge is 2.10. The Labute approximate surface area is 145 Å². The monoisotopic (exact) mass is 336 g/mol. The van der Waals surface area contributed by atoms with E-state index in [1.54, 1.807) is 0 Å².